The number of allylic oxidation sites excluding steroid dienone is 3. The number of benzene rings is 1. The zero-order chi connectivity index (χ0) is 23.7. The maximum atomic E-state index is 4.37. The van der Waals surface area contributed by atoms with E-state index < -0.39 is 0 Å². The topological polar surface area (TPSA) is 24.9 Å². The van der Waals surface area contributed by atoms with Crippen LogP contribution >= 0.6 is 0 Å². The molecule has 1 heterocycles. The second kappa shape index (κ2) is 7.79. The van der Waals surface area contributed by atoms with Crippen molar-refractivity contribution >= 4 is 16.3 Å². The highest BCUT2D eigenvalue weighted by Crippen LogP contribution is 2.66. The van der Waals surface area contributed by atoms with Crippen LogP contribution in [0.2, 0.25) is 0 Å². The van der Waals surface area contributed by atoms with Crippen molar-refractivity contribution in [2.45, 2.75) is 91.1 Å². The number of pyridine rings is 1. The maximum Gasteiger partial charge on any atom is 0.0346 e. The Bertz CT molecular complexity index is 1170. The molecule has 1 aromatic heterocycles. The lowest BCUT2D eigenvalue weighted by Gasteiger charge is -2.58. The molecule has 0 saturated heterocycles. The molecule has 0 unspecified atom stereocenters. The molecular formula is C32H42N2. The highest BCUT2D eigenvalue weighted by Gasteiger charge is 2.56. The Balaban J connectivity index is 1.26. The number of fused-ring (bicyclic) bond motifs is 6. The SMILES string of the molecule is CC(C)(C)N[C@H]1CC[C@@]2(C)C(=CC[C@@H]3[C@@H]2CC[C@]2(C)C(c4ccc5ccncc5c4)=CC[C@@H]32)C1. The lowest BCUT2D eigenvalue weighted by Crippen LogP contribution is -2.52. The molecule has 1 aromatic carbocycles. The first-order valence-corrected chi connectivity index (χ1v) is 13.7. The highest BCUT2D eigenvalue weighted by molar-refractivity contribution is 5.86. The van der Waals surface area contributed by atoms with Gasteiger partial charge in [0.2, 0.25) is 0 Å². The zero-order valence-corrected chi connectivity index (χ0v) is 21.8. The third-order valence-electron chi connectivity index (χ3n) is 10.3. The Kier molecular flexibility index (Phi) is 5.16. The number of hydrogen-bond donors (Lipinski definition) is 1. The largest absolute Gasteiger partial charge is 0.309 e. The lowest BCUT2D eigenvalue weighted by atomic mass is 9.47. The van der Waals surface area contributed by atoms with Crippen molar-refractivity contribution in [3.05, 3.63) is 59.9 Å². The van der Waals surface area contributed by atoms with Crippen LogP contribution in [0, 0.1) is 28.6 Å². The van der Waals surface area contributed by atoms with Crippen LogP contribution in [0.3, 0.4) is 0 Å². The van der Waals surface area contributed by atoms with E-state index in [2.05, 4.69) is 81.3 Å². The molecular weight excluding hydrogens is 412 g/mol. The van der Waals surface area contributed by atoms with Gasteiger partial charge >= 0.3 is 0 Å². The molecule has 2 fully saturated rings. The van der Waals surface area contributed by atoms with Gasteiger partial charge in [-0.15, -0.1) is 0 Å². The second-order valence-corrected chi connectivity index (χ2v) is 13.3. The minimum Gasteiger partial charge on any atom is -0.309 e. The van der Waals surface area contributed by atoms with Gasteiger partial charge in [-0.05, 0) is 123 Å². The summed E-state index contributed by atoms with van der Waals surface area (Å²) in [4.78, 5) is 4.37. The van der Waals surface area contributed by atoms with Crippen LogP contribution in [-0.4, -0.2) is 16.6 Å². The minimum atomic E-state index is 0.202. The van der Waals surface area contributed by atoms with E-state index in [0.717, 1.165) is 17.8 Å². The first kappa shape index (κ1) is 22.5. The molecule has 0 bridgehead atoms. The van der Waals surface area contributed by atoms with Crippen LogP contribution in [0.1, 0.15) is 85.1 Å². The van der Waals surface area contributed by atoms with Crippen LogP contribution in [0.5, 0.6) is 0 Å². The van der Waals surface area contributed by atoms with Gasteiger partial charge in [-0.2, -0.15) is 0 Å². The van der Waals surface area contributed by atoms with E-state index in [-0.39, 0.29) is 5.54 Å². The summed E-state index contributed by atoms with van der Waals surface area (Å²) in [5.74, 6) is 2.47. The Morgan fingerprint density at radius 2 is 1.74 bits per heavy atom. The van der Waals surface area contributed by atoms with Gasteiger partial charge in [-0.25, -0.2) is 0 Å². The van der Waals surface area contributed by atoms with Crippen molar-refractivity contribution in [1.82, 2.24) is 10.3 Å². The highest BCUT2D eigenvalue weighted by atomic mass is 15.0. The van der Waals surface area contributed by atoms with Crippen LogP contribution in [0.15, 0.2) is 54.4 Å². The van der Waals surface area contributed by atoms with Gasteiger partial charge in [-0.3, -0.25) is 4.98 Å². The average molecular weight is 455 g/mol. The van der Waals surface area contributed by atoms with Crippen LogP contribution < -0.4 is 5.32 Å². The fraction of sp³-hybridized carbons (Fsp3) is 0.594. The lowest BCUT2D eigenvalue weighted by molar-refractivity contribution is -0.0132. The summed E-state index contributed by atoms with van der Waals surface area (Å²) in [7, 11) is 0. The summed E-state index contributed by atoms with van der Waals surface area (Å²) in [6.07, 6.45) is 18.4. The Labute approximate surface area is 206 Å². The van der Waals surface area contributed by atoms with Gasteiger partial charge in [0.05, 0.1) is 0 Å². The first-order chi connectivity index (χ1) is 16.2. The molecule has 2 aromatic rings. The first-order valence-electron chi connectivity index (χ1n) is 13.7. The number of nitrogens with one attached hydrogen (secondary N) is 1. The van der Waals surface area contributed by atoms with E-state index in [1.807, 2.05) is 12.4 Å². The summed E-state index contributed by atoms with van der Waals surface area (Å²) in [6, 6.07) is 9.80. The Morgan fingerprint density at radius 3 is 2.56 bits per heavy atom. The number of rotatable bonds is 2. The molecule has 4 aliphatic carbocycles. The van der Waals surface area contributed by atoms with Crippen molar-refractivity contribution in [1.29, 1.82) is 0 Å². The molecule has 4 aliphatic rings. The molecule has 0 aliphatic heterocycles. The van der Waals surface area contributed by atoms with E-state index >= 15 is 0 Å². The van der Waals surface area contributed by atoms with Gasteiger partial charge in [0.1, 0.15) is 0 Å². The maximum absolute atomic E-state index is 4.37. The standard InChI is InChI=1S/C32H42N2/c1-30(2,3)34-25-12-15-31(4)24(19-25)8-9-26-28-11-10-27(32(28,5)16-13-29(26)31)22-7-6-21-14-17-33-20-23(21)18-22/h6-8,10,14,17-18,20,25-26,28-29,34H,9,11-13,15-16,19H2,1-5H3/t25-,26-,28-,29-,31-,32+/m0/s1. The normalized spacial score (nSPS) is 37.4. The fourth-order valence-electron chi connectivity index (χ4n) is 8.66. The smallest absolute Gasteiger partial charge is 0.0346 e. The summed E-state index contributed by atoms with van der Waals surface area (Å²) in [5, 5.41) is 6.46. The predicted octanol–water partition coefficient (Wildman–Crippen LogP) is 7.95. The summed E-state index contributed by atoms with van der Waals surface area (Å²) < 4.78 is 0. The molecule has 2 saturated carbocycles. The van der Waals surface area contributed by atoms with Crippen molar-refractivity contribution in [2.24, 2.45) is 28.6 Å². The van der Waals surface area contributed by atoms with Crippen LogP contribution in [0.25, 0.3) is 16.3 Å². The molecule has 0 radical (unpaired) electrons. The van der Waals surface area contributed by atoms with E-state index in [9.17, 15) is 0 Å². The Hall–Kier alpha value is -1.93. The number of nitrogens with zero attached hydrogens (tertiary/aromatic N) is 1. The van der Waals surface area contributed by atoms with Gasteiger partial charge < -0.3 is 5.32 Å². The van der Waals surface area contributed by atoms with E-state index in [1.54, 1.807) is 11.1 Å². The molecule has 0 spiro atoms. The van der Waals surface area contributed by atoms with Gasteiger partial charge in [0.15, 0.2) is 0 Å². The molecule has 2 nitrogen and oxygen atoms in total. The summed E-state index contributed by atoms with van der Waals surface area (Å²) >= 11 is 0. The van der Waals surface area contributed by atoms with Crippen LogP contribution in [0.4, 0.5) is 0 Å². The molecule has 6 atom stereocenters. The average Bonchev–Trinajstić information content (AvgIpc) is 3.15. The Morgan fingerprint density at radius 1 is 0.912 bits per heavy atom. The molecule has 6 rings (SSSR count). The molecule has 0 amide bonds. The van der Waals surface area contributed by atoms with Gasteiger partial charge in [-0.1, -0.05) is 43.7 Å². The quantitative estimate of drug-likeness (QED) is 0.466. The number of hydrogen-bond acceptors (Lipinski definition) is 2. The van der Waals surface area contributed by atoms with Crippen molar-refractivity contribution in [3.8, 4) is 0 Å². The second-order valence-electron chi connectivity index (χ2n) is 13.3. The molecule has 2 heteroatoms. The molecule has 180 valence electrons. The van der Waals surface area contributed by atoms with Gasteiger partial charge in [0.25, 0.3) is 0 Å². The van der Waals surface area contributed by atoms with Crippen molar-refractivity contribution in [2.75, 3.05) is 0 Å². The number of aromatic nitrogens is 1. The summed E-state index contributed by atoms with van der Waals surface area (Å²) in [6.45, 7) is 12.2. The zero-order valence-electron chi connectivity index (χ0n) is 21.8. The molecule has 1 N–H and O–H groups in total. The molecule has 34 heavy (non-hydrogen) atoms. The van der Waals surface area contributed by atoms with E-state index in [1.165, 1.54) is 61.3 Å². The van der Waals surface area contributed by atoms with Crippen LogP contribution in [-0.2, 0) is 0 Å². The monoisotopic (exact) mass is 454 g/mol. The van der Waals surface area contributed by atoms with E-state index in [4.69, 9.17) is 0 Å². The van der Waals surface area contributed by atoms with Crippen molar-refractivity contribution in [3.63, 3.8) is 0 Å². The van der Waals surface area contributed by atoms with Crippen molar-refractivity contribution < 1.29 is 0 Å². The third-order valence-corrected chi connectivity index (χ3v) is 10.3. The third kappa shape index (κ3) is 3.51. The minimum absolute atomic E-state index is 0.202. The van der Waals surface area contributed by atoms with E-state index in [0.29, 0.717) is 16.9 Å². The van der Waals surface area contributed by atoms with Gasteiger partial charge in [0, 0.05) is 29.4 Å². The fourth-order valence-corrected chi connectivity index (χ4v) is 8.66. The predicted molar refractivity (Wildman–Crippen MR) is 143 cm³/mol. The summed E-state index contributed by atoms with van der Waals surface area (Å²) in [5.41, 5.74) is 5.74.